The third-order valence-corrected chi connectivity index (χ3v) is 6.23. The second-order valence-corrected chi connectivity index (χ2v) is 7.91. The molecule has 0 unspecified atom stereocenters. The Labute approximate surface area is 166 Å². The fraction of sp³-hybridized carbons (Fsp3) is 0.300. The van der Waals surface area contributed by atoms with Crippen LogP contribution in [-0.4, -0.2) is 42.3 Å². The third kappa shape index (κ3) is 3.25. The number of nitrogens with two attached hydrogens (primary N) is 2. The van der Waals surface area contributed by atoms with E-state index in [1.165, 1.54) is 0 Å². The summed E-state index contributed by atoms with van der Waals surface area (Å²) in [6.45, 7) is 1.66. The van der Waals surface area contributed by atoms with Gasteiger partial charge in [-0.15, -0.1) is 11.3 Å². The number of benzene rings is 1. The van der Waals surface area contributed by atoms with Crippen molar-refractivity contribution in [1.82, 2.24) is 4.98 Å². The van der Waals surface area contributed by atoms with Crippen molar-refractivity contribution >= 4 is 39.0 Å². The Bertz CT molecular complexity index is 1020. The average Bonchev–Trinajstić information content (AvgIpc) is 3.05. The molecular weight excluding hydrogens is 376 g/mol. The van der Waals surface area contributed by atoms with Crippen LogP contribution in [0.25, 0.3) is 21.3 Å². The smallest absolute Gasteiger partial charge is 0.348 e. The van der Waals surface area contributed by atoms with E-state index in [4.69, 9.17) is 21.2 Å². The lowest BCUT2D eigenvalue weighted by molar-refractivity contribution is 0.0703. The van der Waals surface area contributed by atoms with E-state index >= 15 is 0 Å². The summed E-state index contributed by atoms with van der Waals surface area (Å²) in [4.78, 5) is 19.3. The van der Waals surface area contributed by atoms with Gasteiger partial charge in [0.05, 0.1) is 12.8 Å². The quantitative estimate of drug-likeness (QED) is 0.618. The number of carboxylic acid groups (broad SMARTS) is 1. The summed E-state index contributed by atoms with van der Waals surface area (Å²) in [6, 6.07) is 9.86. The molecule has 1 aliphatic heterocycles. The van der Waals surface area contributed by atoms with E-state index in [1.807, 2.05) is 30.3 Å². The van der Waals surface area contributed by atoms with Crippen molar-refractivity contribution in [3.05, 3.63) is 35.2 Å². The fourth-order valence-corrected chi connectivity index (χ4v) is 4.51. The molecule has 0 amide bonds. The number of carboxylic acids is 1. The second-order valence-electron chi connectivity index (χ2n) is 6.91. The fourth-order valence-electron chi connectivity index (χ4n) is 3.56. The molecule has 0 saturated carbocycles. The molecule has 2 aromatic heterocycles. The first-order valence-electron chi connectivity index (χ1n) is 9.09. The topological polar surface area (TPSA) is 115 Å². The molecule has 4 rings (SSSR count). The number of nitrogen functional groups attached to an aromatic ring is 1. The second kappa shape index (κ2) is 7.29. The van der Waals surface area contributed by atoms with Gasteiger partial charge in [-0.25, -0.2) is 9.78 Å². The van der Waals surface area contributed by atoms with Crippen molar-refractivity contribution in [1.29, 1.82) is 0 Å². The molecule has 8 heteroatoms. The molecule has 0 radical (unpaired) electrons. The number of rotatable bonds is 4. The Morgan fingerprint density at radius 3 is 2.57 bits per heavy atom. The predicted molar refractivity (Wildman–Crippen MR) is 112 cm³/mol. The van der Waals surface area contributed by atoms with E-state index in [9.17, 15) is 9.90 Å². The highest BCUT2D eigenvalue weighted by Gasteiger charge is 2.23. The maximum absolute atomic E-state index is 11.6. The Balaban J connectivity index is 1.89. The van der Waals surface area contributed by atoms with Crippen molar-refractivity contribution in [2.75, 3.05) is 30.8 Å². The zero-order chi connectivity index (χ0) is 19.8. The Hall–Kier alpha value is -2.84. The lowest BCUT2D eigenvalue weighted by atomic mass is 10.0. The van der Waals surface area contributed by atoms with Crippen LogP contribution in [0.1, 0.15) is 22.5 Å². The van der Waals surface area contributed by atoms with Gasteiger partial charge >= 0.3 is 5.97 Å². The minimum absolute atomic E-state index is 0.120. The number of aromatic carboxylic acids is 1. The summed E-state index contributed by atoms with van der Waals surface area (Å²) < 4.78 is 5.25. The number of fused-ring (bicyclic) bond motifs is 1. The van der Waals surface area contributed by atoms with E-state index < -0.39 is 5.97 Å². The van der Waals surface area contributed by atoms with Gasteiger partial charge in [0.25, 0.3) is 0 Å². The SMILES string of the molecule is COc1ccc(-c2cc(N3CCC(N)CC3)nc3sc(C(=O)O)c(N)c23)cc1. The van der Waals surface area contributed by atoms with Crippen LogP contribution in [0.4, 0.5) is 11.5 Å². The normalized spacial score (nSPS) is 15.1. The number of nitrogens with zero attached hydrogens (tertiary/aromatic N) is 2. The Morgan fingerprint density at radius 1 is 1.29 bits per heavy atom. The number of methoxy groups -OCH3 is 1. The maximum Gasteiger partial charge on any atom is 0.348 e. The zero-order valence-corrected chi connectivity index (χ0v) is 16.3. The molecule has 3 heterocycles. The van der Waals surface area contributed by atoms with Gasteiger partial charge in [-0.3, -0.25) is 0 Å². The van der Waals surface area contributed by atoms with Crippen LogP contribution >= 0.6 is 11.3 Å². The summed E-state index contributed by atoms with van der Waals surface area (Å²) in [5, 5.41) is 10.2. The summed E-state index contributed by atoms with van der Waals surface area (Å²) in [5.41, 5.74) is 14.3. The summed E-state index contributed by atoms with van der Waals surface area (Å²) >= 11 is 1.12. The number of anilines is 2. The molecule has 5 N–H and O–H groups in total. The largest absolute Gasteiger partial charge is 0.497 e. The summed E-state index contributed by atoms with van der Waals surface area (Å²) in [5.74, 6) is 0.541. The number of carbonyl (C=O) groups is 1. The van der Waals surface area contributed by atoms with Gasteiger partial charge in [0.15, 0.2) is 0 Å². The Morgan fingerprint density at radius 2 is 1.96 bits per heavy atom. The number of piperidine rings is 1. The van der Waals surface area contributed by atoms with Crippen molar-refractivity contribution in [2.45, 2.75) is 18.9 Å². The summed E-state index contributed by atoms with van der Waals surface area (Å²) in [7, 11) is 1.62. The van der Waals surface area contributed by atoms with Gasteiger partial charge in [0.1, 0.15) is 21.3 Å². The number of hydrogen-bond acceptors (Lipinski definition) is 7. The number of aromatic nitrogens is 1. The van der Waals surface area contributed by atoms with Crippen LogP contribution in [-0.2, 0) is 0 Å². The first-order valence-corrected chi connectivity index (χ1v) is 9.91. The highest BCUT2D eigenvalue weighted by atomic mass is 32.1. The Kier molecular flexibility index (Phi) is 4.82. The van der Waals surface area contributed by atoms with E-state index in [0.29, 0.717) is 10.2 Å². The van der Waals surface area contributed by atoms with Crippen LogP contribution in [0.3, 0.4) is 0 Å². The number of ether oxygens (including phenoxy) is 1. The molecule has 1 fully saturated rings. The van der Waals surface area contributed by atoms with E-state index in [1.54, 1.807) is 7.11 Å². The van der Waals surface area contributed by atoms with E-state index in [2.05, 4.69) is 4.90 Å². The standard InChI is InChI=1S/C20H22N4O3S/c1-27-13-4-2-11(3-5-13)14-10-15(24-8-6-12(21)7-9-24)23-19-16(14)17(22)18(28-19)20(25)26/h2-5,10,12H,6-9,21-22H2,1H3,(H,25,26). The van der Waals surface area contributed by atoms with Gasteiger partial charge in [-0.05, 0) is 42.2 Å². The number of hydrogen-bond donors (Lipinski definition) is 3. The third-order valence-electron chi connectivity index (χ3n) is 5.14. The highest BCUT2D eigenvalue weighted by Crippen LogP contribution is 2.41. The number of thiophene rings is 1. The van der Waals surface area contributed by atoms with Gasteiger partial charge in [0, 0.05) is 24.5 Å². The lowest BCUT2D eigenvalue weighted by Crippen LogP contribution is -2.40. The predicted octanol–water partition coefficient (Wildman–Crippen LogP) is 3.18. The van der Waals surface area contributed by atoms with Crippen LogP contribution < -0.4 is 21.1 Å². The minimum Gasteiger partial charge on any atom is -0.497 e. The molecule has 0 atom stereocenters. The monoisotopic (exact) mass is 398 g/mol. The zero-order valence-electron chi connectivity index (χ0n) is 15.5. The van der Waals surface area contributed by atoms with Crippen molar-refractivity contribution in [2.24, 2.45) is 5.73 Å². The van der Waals surface area contributed by atoms with Crippen molar-refractivity contribution in [3.63, 3.8) is 0 Å². The minimum atomic E-state index is -1.04. The molecule has 28 heavy (non-hydrogen) atoms. The molecule has 0 spiro atoms. The highest BCUT2D eigenvalue weighted by molar-refractivity contribution is 7.21. The lowest BCUT2D eigenvalue weighted by Gasteiger charge is -2.31. The van der Waals surface area contributed by atoms with Crippen molar-refractivity contribution < 1.29 is 14.6 Å². The molecule has 0 aliphatic carbocycles. The molecule has 1 aliphatic rings. The van der Waals surface area contributed by atoms with Crippen molar-refractivity contribution in [3.8, 4) is 16.9 Å². The molecule has 7 nitrogen and oxygen atoms in total. The molecule has 1 aromatic carbocycles. The van der Waals surface area contributed by atoms with Gasteiger partial charge in [-0.2, -0.15) is 0 Å². The molecule has 146 valence electrons. The molecule has 3 aromatic rings. The van der Waals surface area contributed by atoms with Crippen LogP contribution in [0.15, 0.2) is 30.3 Å². The van der Waals surface area contributed by atoms with Crippen LogP contribution in [0, 0.1) is 0 Å². The van der Waals surface area contributed by atoms with Gasteiger partial charge < -0.3 is 26.2 Å². The maximum atomic E-state index is 11.6. The van der Waals surface area contributed by atoms with E-state index in [0.717, 1.165) is 60.0 Å². The average molecular weight is 398 g/mol. The van der Waals surface area contributed by atoms with Gasteiger partial charge in [0.2, 0.25) is 0 Å². The van der Waals surface area contributed by atoms with E-state index in [-0.39, 0.29) is 16.6 Å². The van der Waals surface area contributed by atoms with Crippen LogP contribution in [0.5, 0.6) is 5.75 Å². The first-order chi connectivity index (χ1) is 13.5. The molecular formula is C20H22N4O3S. The van der Waals surface area contributed by atoms with Gasteiger partial charge in [-0.1, -0.05) is 12.1 Å². The first kappa shape index (κ1) is 18.5. The number of pyridine rings is 1. The molecule has 1 saturated heterocycles. The van der Waals surface area contributed by atoms with Crippen LogP contribution in [0.2, 0.25) is 0 Å². The summed E-state index contributed by atoms with van der Waals surface area (Å²) in [6.07, 6.45) is 1.81. The molecule has 0 bridgehead atoms.